The van der Waals surface area contributed by atoms with Crippen LogP contribution in [0.5, 0.6) is 0 Å². The van der Waals surface area contributed by atoms with Crippen molar-refractivity contribution >= 4 is 11.8 Å². The van der Waals surface area contributed by atoms with E-state index >= 15 is 0 Å². The lowest BCUT2D eigenvalue weighted by Crippen LogP contribution is -2.44. The van der Waals surface area contributed by atoms with Crippen molar-refractivity contribution < 1.29 is 0 Å². The molecule has 1 unspecified atom stereocenters. The monoisotopic (exact) mass is 232 g/mol. The van der Waals surface area contributed by atoms with Crippen LogP contribution in [0.25, 0.3) is 0 Å². The molecule has 0 nitrogen and oxygen atoms in total. The van der Waals surface area contributed by atoms with Crippen LogP contribution in [0.15, 0.2) is 24.3 Å². The zero-order valence-corrected chi connectivity index (χ0v) is 11.6. The Kier molecular flexibility index (Phi) is 1.80. The summed E-state index contributed by atoms with van der Waals surface area (Å²) >= 11 is 2.17. The van der Waals surface area contributed by atoms with E-state index in [0.717, 1.165) is 5.25 Å². The zero-order chi connectivity index (χ0) is 11.8. The zero-order valence-electron chi connectivity index (χ0n) is 10.8. The maximum absolute atomic E-state index is 2.43. The largest absolute Gasteiger partial charge is 0.148 e. The first-order valence-electron chi connectivity index (χ1n) is 6.13. The smallest absolute Gasteiger partial charge is 0.0461 e. The summed E-state index contributed by atoms with van der Waals surface area (Å²) < 4.78 is 0.420. The van der Waals surface area contributed by atoms with E-state index in [1.807, 2.05) is 0 Å². The van der Waals surface area contributed by atoms with Gasteiger partial charge in [0, 0.05) is 20.8 Å². The molecule has 1 fully saturated rings. The van der Waals surface area contributed by atoms with Crippen LogP contribution in [0.3, 0.4) is 0 Å². The van der Waals surface area contributed by atoms with Crippen LogP contribution in [0.2, 0.25) is 0 Å². The molecule has 0 amide bonds. The normalized spacial score (nSPS) is 31.4. The first-order chi connectivity index (χ1) is 7.36. The molecule has 3 rings (SSSR count). The molecule has 0 N–H and O–H groups in total. The number of rotatable bonds is 0. The van der Waals surface area contributed by atoms with E-state index in [9.17, 15) is 0 Å². The summed E-state index contributed by atoms with van der Waals surface area (Å²) in [6.07, 6.45) is 0. The third-order valence-corrected chi connectivity index (χ3v) is 7.21. The highest BCUT2D eigenvalue weighted by Crippen LogP contribution is 2.75. The summed E-state index contributed by atoms with van der Waals surface area (Å²) in [5, 5.41) is 0.782. The molecule has 0 saturated carbocycles. The molecule has 1 aromatic rings. The van der Waals surface area contributed by atoms with Gasteiger partial charge in [0.25, 0.3) is 0 Å². The van der Waals surface area contributed by atoms with Crippen molar-refractivity contribution in [3.05, 3.63) is 35.4 Å². The molecule has 1 saturated heterocycles. The van der Waals surface area contributed by atoms with Crippen LogP contribution >= 0.6 is 11.8 Å². The minimum atomic E-state index is 0.303. The van der Waals surface area contributed by atoms with Crippen molar-refractivity contribution in [2.75, 3.05) is 0 Å². The van der Waals surface area contributed by atoms with Crippen molar-refractivity contribution in [3.8, 4) is 0 Å². The first-order valence-corrected chi connectivity index (χ1v) is 7.01. The van der Waals surface area contributed by atoms with Crippen molar-refractivity contribution in [2.24, 2.45) is 0 Å². The molecule has 0 radical (unpaired) electrons. The average molecular weight is 232 g/mol. The fraction of sp³-hybridized carbons (Fsp3) is 0.600. The third-order valence-electron chi connectivity index (χ3n) is 5.01. The summed E-state index contributed by atoms with van der Waals surface area (Å²) in [6, 6.07) is 9.04. The van der Waals surface area contributed by atoms with Gasteiger partial charge in [-0.05, 0) is 11.1 Å². The maximum Gasteiger partial charge on any atom is 0.0461 e. The van der Waals surface area contributed by atoms with Gasteiger partial charge < -0.3 is 0 Å². The van der Waals surface area contributed by atoms with Crippen LogP contribution < -0.4 is 0 Å². The minimum absolute atomic E-state index is 0.303. The number of benzene rings is 1. The lowest BCUT2D eigenvalue weighted by Gasteiger charge is -2.36. The second-order valence-electron chi connectivity index (χ2n) is 6.29. The lowest BCUT2D eigenvalue weighted by atomic mass is 9.68. The highest BCUT2D eigenvalue weighted by Gasteiger charge is 2.73. The van der Waals surface area contributed by atoms with Gasteiger partial charge in [0.15, 0.2) is 0 Å². The van der Waals surface area contributed by atoms with Gasteiger partial charge in [0.2, 0.25) is 0 Å². The number of hydrogen-bond acceptors (Lipinski definition) is 1. The maximum atomic E-state index is 2.43. The van der Waals surface area contributed by atoms with Gasteiger partial charge in [-0.3, -0.25) is 0 Å². The molecule has 1 spiro atoms. The first kappa shape index (κ1) is 10.7. The highest BCUT2D eigenvalue weighted by molar-refractivity contribution is 8.08. The number of fused-ring (bicyclic) bond motifs is 1. The van der Waals surface area contributed by atoms with Gasteiger partial charge in [0.05, 0.1) is 0 Å². The summed E-state index contributed by atoms with van der Waals surface area (Å²) in [6.45, 7) is 12.1. The molecule has 1 aliphatic heterocycles. The molecule has 1 heterocycles. The molecule has 0 aromatic heterocycles. The number of thioether (sulfide) groups is 1. The standard InChI is InChI=1S/C15H20S/c1-10-15(16-10)13(2,3)11-8-6-7-9-12(11)14(15,4)5/h6-10H,1-5H3. The fourth-order valence-corrected chi connectivity index (χ4v) is 6.20. The molecule has 1 aliphatic carbocycles. The van der Waals surface area contributed by atoms with Crippen LogP contribution in [0, 0.1) is 0 Å². The van der Waals surface area contributed by atoms with Gasteiger partial charge in [-0.25, -0.2) is 0 Å². The predicted molar refractivity (Wildman–Crippen MR) is 72.3 cm³/mol. The van der Waals surface area contributed by atoms with E-state index in [1.54, 1.807) is 11.1 Å². The number of hydrogen-bond donors (Lipinski definition) is 0. The van der Waals surface area contributed by atoms with E-state index in [-0.39, 0.29) is 0 Å². The Hall–Kier alpha value is -0.430. The molecule has 0 bridgehead atoms. The molecular formula is C15H20S. The second kappa shape index (κ2) is 2.69. The predicted octanol–water partition coefficient (Wildman–Crippen LogP) is 4.13. The van der Waals surface area contributed by atoms with Crippen molar-refractivity contribution in [1.29, 1.82) is 0 Å². The Morgan fingerprint density at radius 1 is 0.938 bits per heavy atom. The topological polar surface area (TPSA) is 0 Å². The van der Waals surface area contributed by atoms with E-state index in [1.165, 1.54) is 0 Å². The molecule has 86 valence electrons. The van der Waals surface area contributed by atoms with Crippen LogP contribution in [0.1, 0.15) is 45.7 Å². The quantitative estimate of drug-likeness (QED) is 0.606. The van der Waals surface area contributed by atoms with Crippen LogP contribution in [0.4, 0.5) is 0 Å². The summed E-state index contributed by atoms with van der Waals surface area (Å²) in [5.74, 6) is 0. The van der Waals surface area contributed by atoms with Crippen molar-refractivity contribution in [1.82, 2.24) is 0 Å². The second-order valence-corrected chi connectivity index (χ2v) is 7.88. The van der Waals surface area contributed by atoms with E-state index in [2.05, 4.69) is 70.6 Å². The molecule has 1 aromatic carbocycles. The van der Waals surface area contributed by atoms with Gasteiger partial charge in [-0.1, -0.05) is 58.9 Å². The molecule has 2 aliphatic rings. The van der Waals surface area contributed by atoms with Crippen molar-refractivity contribution in [2.45, 2.75) is 55.4 Å². The van der Waals surface area contributed by atoms with Gasteiger partial charge in [0.1, 0.15) is 0 Å². The molecule has 1 heteroatoms. The van der Waals surface area contributed by atoms with E-state index in [4.69, 9.17) is 0 Å². The van der Waals surface area contributed by atoms with Gasteiger partial charge in [-0.2, -0.15) is 0 Å². The Morgan fingerprint density at radius 3 is 1.62 bits per heavy atom. The fourth-order valence-electron chi connectivity index (χ4n) is 4.31. The molecule has 16 heavy (non-hydrogen) atoms. The van der Waals surface area contributed by atoms with Gasteiger partial charge in [-0.15, -0.1) is 11.8 Å². The SMILES string of the molecule is CC1SC12C(C)(C)c1ccccc1C2(C)C. The Bertz CT molecular complexity index is 421. The van der Waals surface area contributed by atoms with E-state index < -0.39 is 0 Å². The minimum Gasteiger partial charge on any atom is -0.148 e. The van der Waals surface area contributed by atoms with Gasteiger partial charge >= 0.3 is 0 Å². The third kappa shape index (κ3) is 0.873. The van der Waals surface area contributed by atoms with Crippen molar-refractivity contribution in [3.63, 3.8) is 0 Å². The molecular weight excluding hydrogens is 212 g/mol. The Morgan fingerprint density at radius 2 is 1.31 bits per heavy atom. The summed E-state index contributed by atoms with van der Waals surface area (Å²) in [4.78, 5) is 0. The van der Waals surface area contributed by atoms with Crippen LogP contribution in [-0.4, -0.2) is 10.00 Å². The molecule has 1 atom stereocenters. The van der Waals surface area contributed by atoms with Crippen LogP contribution in [-0.2, 0) is 10.8 Å². The lowest BCUT2D eigenvalue weighted by molar-refractivity contribution is 0.322. The van der Waals surface area contributed by atoms with E-state index in [0.29, 0.717) is 15.6 Å². The highest BCUT2D eigenvalue weighted by atomic mass is 32.2. The average Bonchev–Trinajstić information content (AvgIpc) is 2.89. The Balaban J connectivity index is 2.30. The Labute approximate surface area is 103 Å². The summed E-state index contributed by atoms with van der Waals surface area (Å²) in [5.41, 5.74) is 3.74. The summed E-state index contributed by atoms with van der Waals surface area (Å²) in [7, 11) is 0.